The average Bonchev–Trinajstić information content (AvgIpc) is 3.03. The molecule has 0 aliphatic heterocycles. The van der Waals surface area contributed by atoms with Gasteiger partial charge in [-0.2, -0.15) is 0 Å². The van der Waals surface area contributed by atoms with Crippen LogP contribution in [0.25, 0.3) is 0 Å². The van der Waals surface area contributed by atoms with Gasteiger partial charge in [0.05, 0.1) is 0 Å². The third kappa shape index (κ3) is 4.57. The van der Waals surface area contributed by atoms with Crippen molar-refractivity contribution in [2.75, 3.05) is 20.1 Å². The molecule has 1 aliphatic rings. The summed E-state index contributed by atoms with van der Waals surface area (Å²) in [4.78, 5) is 14.9. The van der Waals surface area contributed by atoms with Crippen molar-refractivity contribution in [1.29, 1.82) is 0 Å². The molecule has 0 spiro atoms. The van der Waals surface area contributed by atoms with E-state index < -0.39 is 0 Å². The smallest absolute Gasteiger partial charge is 0.226 e. The number of nitrogens with zero attached hydrogens (tertiary/aromatic N) is 1. The highest BCUT2D eigenvalue weighted by Crippen LogP contribution is 2.25. The lowest BCUT2D eigenvalue weighted by Gasteiger charge is -2.31. The summed E-state index contributed by atoms with van der Waals surface area (Å²) < 4.78 is 0. The Balaban J connectivity index is 1.99. The van der Waals surface area contributed by atoms with Crippen LogP contribution >= 0.6 is 0 Å². The van der Waals surface area contributed by atoms with Crippen LogP contribution in [0.1, 0.15) is 38.2 Å². The Morgan fingerprint density at radius 3 is 2.57 bits per heavy atom. The van der Waals surface area contributed by atoms with Crippen LogP contribution in [-0.4, -0.2) is 37.0 Å². The van der Waals surface area contributed by atoms with E-state index in [0.717, 1.165) is 19.5 Å². The standard InChI is InChI=1S/C18H28N2O/c1-15(14-19-2)18(21)20(17-10-6-7-11-17)13-12-16-8-4-3-5-9-16/h3-5,8-9,15,17,19H,6-7,10-14H2,1-2H3. The first-order valence-corrected chi connectivity index (χ1v) is 8.21. The summed E-state index contributed by atoms with van der Waals surface area (Å²) in [5.41, 5.74) is 1.31. The normalized spacial score (nSPS) is 16.9. The second-order valence-electron chi connectivity index (χ2n) is 6.16. The van der Waals surface area contributed by atoms with Crippen LogP contribution in [0.5, 0.6) is 0 Å². The minimum absolute atomic E-state index is 0.0615. The van der Waals surface area contributed by atoms with Crippen molar-refractivity contribution in [3.63, 3.8) is 0 Å². The molecule has 0 saturated heterocycles. The van der Waals surface area contributed by atoms with Gasteiger partial charge in [-0.3, -0.25) is 4.79 Å². The molecule has 2 rings (SSSR count). The molecule has 21 heavy (non-hydrogen) atoms. The fraction of sp³-hybridized carbons (Fsp3) is 0.611. The fourth-order valence-electron chi connectivity index (χ4n) is 3.26. The Bertz CT molecular complexity index is 426. The molecule has 3 heteroatoms. The minimum Gasteiger partial charge on any atom is -0.339 e. The SMILES string of the molecule is CNCC(C)C(=O)N(CCc1ccccc1)C1CCCC1. The van der Waals surface area contributed by atoms with Crippen LogP contribution in [0.2, 0.25) is 0 Å². The van der Waals surface area contributed by atoms with Crippen LogP contribution in [0.15, 0.2) is 30.3 Å². The molecule has 0 heterocycles. The number of benzene rings is 1. The molecule has 1 N–H and O–H groups in total. The van der Waals surface area contributed by atoms with E-state index in [-0.39, 0.29) is 5.92 Å². The molecule has 1 unspecified atom stereocenters. The van der Waals surface area contributed by atoms with E-state index in [4.69, 9.17) is 0 Å². The first-order chi connectivity index (χ1) is 10.2. The van der Waals surface area contributed by atoms with Gasteiger partial charge in [-0.15, -0.1) is 0 Å². The van der Waals surface area contributed by atoms with E-state index in [1.807, 2.05) is 20.0 Å². The predicted molar refractivity (Wildman–Crippen MR) is 87.2 cm³/mol. The van der Waals surface area contributed by atoms with E-state index in [1.54, 1.807) is 0 Å². The molecule has 3 nitrogen and oxygen atoms in total. The zero-order chi connectivity index (χ0) is 15.1. The lowest BCUT2D eigenvalue weighted by Crippen LogP contribution is -2.44. The Morgan fingerprint density at radius 2 is 1.95 bits per heavy atom. The molecular formula is C18H28N2O. The first kappa shape index (κ1) is 16.0. The molecule has 1 saturated carbocycles. The Labute approximate surface area is 128 Å². The minimum atomic E-state index is 0.0615. The summed E-state index contributed by atoms with van der Waals surface area (Å²) in [7, 11) is 1.91. The van der Waals surface area contributed by atoms with Gasteiger partial charge in [-0.25, -0.2) is 0 Å². The maximum atomic E-state index is 12.7. The molecule has 1 aromatic carbocycles. The van der Waals surface area contributed by atoms with Gasteiger partial charge in [0.25, 0.3) is 0 Å². The summed E-state index contributed by atoms with van der Waals surface area (Å²) >= 11 is 0. The molecule has 1 fully saturated rings. The van der Waals surface area contributed by atoms with Crippen LogP contribution in [-0.2, 0) is 11.2 Å². The molecule has 1 aliphatic carbocycles. The highest BCUT2D eigenvalue weighted by Gasteiger charge is 2.28. The van der Waals surface area contributed by atoms with Gasteiger partial charge in [0.2, 0.25) is 5.91 Å². The van der Waals surface area contributed by atoms with Crippen molar-refractivity contribution in [3.05, 3.63) is 35.9 Å². The maximum Gasteiger partial charge on any atom is 0.226 e. The van der Waals surface area contributed by atoms with Gasteiger partial charge in [-0.05, 0) is 31.9 Å². The Hall–Kier alpha value is -1.35. The monoisotopic (exact) mass is 288 g/mol. The van der Waals surface area contributed by atoms with E-state index in [1.165, 1.54) is 31.2 Å². The molecule has 1 amide bonds. The topological polar surface area (TPSA) is 32.3 Å². The van der Waals surface area contributed by atoms with Crippen molar-refractivity contribution in [2.45, 2.75) is 45.1 Å². The molecule has 116 valence electrons. The van der Waals surface area contributed by atoms with Gasteiger partial charge >= 0.3 is 0 Å². The Kier molecular flexibility index (Phi) is 6.24. The summed E-state index contributed by atoms with van der Waals surface area (Å²) in [6.07, 6.45) is 5.83. The van der Waals surface area contributed by atoms with Gasteiger partial charge in [0.15, 0.2) is 0 Å². The number of carbonyl (C=O) groups excluding carboxylic acids is 1. The van der Waals surface area contributed by atoms with Gasteiger partial charge < -0.3 is 10.2 Å². The largest absolute Gasteiger partial charge is 0.339 e. The predicted octanol–water partition coefficient (Wildman–Crippen LogP) is 2.86. The average molecular weight is 288 g/mol. The highest BCUT2D eigenvalue weighted by molar-refractivity contribution is 5.79. The second-order valence-corrected chi connectivity index (χ2v) is 6.16. The van der Waals surface area contributed by atoms with Gasteiger partial charge in [0.1, 0.15) is 0 Å². The molecule has 0 radical (unpaired) electrons. The summed E-state index contributed by atoms with van der Waals surface area (Å²) in [6.45, 7) is 3.64. The maximum absolute atomic E-state index is 12.7. The highest BCUT2D eigenvalue weighted by atomic mass is 16.2. The van der Waals surface area contributed by atoms with Gasteiger partial charge in [0, 0.05) is 25.0 Å². The van der Waals surface area contributed by atoms with Crippen LogP contribution in [0.4, 0.5) is 0 Å². The van der Waals surface area contributed by atoms with Crippen LogP contribution < -0.4 is 5.32 Å². The number of carbonyl (C=O) groups is 1. The number of hydrogen-bond acceptors (Lipinski definition) is 2. The quantitative estimate of drug-likeness (QED) is 0.837. The Morgan fingerprint density at radius 1 is 1.29 bits per heavy atom. The van der Waals surface area contributed by atoms with E-state index in [9.17, 15) is 4.79 Å². The van der Waals surface area contributed by atoms with Gasteiger partial charge in [-0.1, -0.05) is 50.1 Å². The number of rotatable bonds is 7. The number of amides is 1. The third-order valence-electron chi connectivity index (χ3n) is 4.46. The van der Waals surface area contributed by atoms with Crippen molar-refractivity contribution < 1.29 is 4.79 Å². The zero-order valence-corrected chi connectivity index (χ0v) is 13.3. The molecule has 0 aromatic heterocycles. The van der Waals surface area contributed by atoms with E-state index in [2.05, 4.69) is 34.5 Å². The first-order valence-electron chi connectivity index (χ1n) is 8.21. The third-order valence-corrected chi connectivity index (χ3v) is 4.46. The van der Waals surface area contributed by atoms with E-state index in [0.29, 0.717) is 11.9 Å². The molecule has 0 bridgehead atoms. The lowest BCUT2D eigenvalue weighted by molar-refractivity contribution is -0.137. The summed E-state index contributed by atoms with van der Waals surface area (Å²) in [5, 5.41) is 3.12. The zero-order valence-electron chi connectivity index (χ0n) is 13.3. The molecule has 1 atom stereocenters. The van der Waals surface area contributed by atoms with Crippen LogP contribution in [0, 0.1) is 5.92 Å². The van der Waals surface area contributed by atoms with E-state index >= 15 is 0 Å². The fourth-order valence-corrected chi connectivity index (χ4v) is 3.26. The van der Waals surface area contributed by atoms with Crippen molar-refractivity contribution in [2.24, 2.45) is 5.92 Å². The van der Waals surface area contributed by atoms with Crippen molar-refractivity contribution in [3.8, 4) is 0 Å². The van der Waals surface area contributed by atoms with Crippen molar-refractivity contribution in [1.82, 2.24) is 10.2 Å². The number of hydrogen-bond donors (Lipinski definition) is 1. The summed E-state index contributed by atoms with van der Waals surface area (Å²) in [6, 6.07) is 10.9. The van der Waals surface area contributed by atoms with Crippen LogP contribution in [0.3, 0.4) is 0 Å². The number of nitrogens with one attached hydrogen (secondary N) is 1. The molecular weight excluding hydrogens is 260 g/mol. The molecule has 1 aromatic rings. The summed E-state index contributed by atoms with van der Waals surface area (Å²) in [5.74, 6) is 0.374. The lowest BCUT2D eigenvalue weighted by atomic mass is 10.1. The second kappa shape index (κ2) is 8.18. The van der Waals surface area contributed by atoms with Crippen molar-refractivity contribution >= 4 is 5.91 Å².